The Labute approximate surface area is 175 Å². The second-order valence-electron chi connectivity index (χ2n) is 8.86. The van der Waals surface area contributed by atoms with Gasteiger partial charge in [-0.15, -0.1) is 0 Å². The number of ether oxygens (including phenoxy) is 1. The summed E-state index contributed by atoms with van der Waals surface area (Å²) in [6.45, 7) is 9.08. The number of hydrogen-bond donors (Lipinski definition) is 2. The van der Waals surface area contributed by atoms with Crippen molar-refractivity contribution in [3.63, 3.8) is 0 Å². The number of benzene rings is 1. The number of hydrogen-bond acceptors (Lipinski definition) is 3. The first-order valence-corrected chi connectivity index (χ1v) is 10.8. The molecule has 0 aliphatic carbocycles. The van der Waals surface area contributed by atoms with Crippen molar-refractivity contribution < 1.29 is 24.5 Å². The third-order valence-electron chi connectivity index (χ3n) is 5.65. The van der Waals surface area contributed by atoms with Gasteiger partial charge in [0.25, 0.3) is 0 Å². The molecule has 5 heteroatoms. The van der Waals surface area contributed by atoms with Crippen molar-refractivity contribution in [2.75, 3.05) is 6.61 Å². The van der Waals surface area contributed by atoms with E-state index in [2.05, 4.69) is 6.92 Å². The van der Waals surface area contributed by atoms with Crippen LogP contribution in [0.4, 0.5) is 0 Å². The summed E-state index contributed by atoms with van der Waals surface area (Å²) in [5, 5.41) is 19.5. The lowest BCUT2D eigenvalue weighted by molar-refractivity contribution is -0.144. The summed E-state index contributed by atoms with van der Waals surface area (Å²) in [5.41, 5.74) is -1.57. The molecule has 2 N–H and O–H groups in total. The molecule has 0 saturated heterocycles. The number of aliphatic carboxylic acids is 2. The number of carboxylic acid groups (broad SMARTS) is 2. The Kier molecular flexibility index (Phi) is 9.67. The van der Waals surface area contributed by atoms with Crippen molar-refractivity contribution in [3.05, 3.63) is 29.3 Å². The fourth-order valence-electron chi connectivity index (χ4n) is 3.46. The molecule has 29 heavy (non-hydrogen) atoms. The maximum atomic E-state index is 11.9. The number of carboxylic acids is 2. The average molecular weight is 407 g/mol. The van der Waals surface area contributed by atoms with Gasteiger partial charge in [-0.25, -0.2) is 0 Å². The summed E-state index contributed by atoms with van der Waals surface area (Å²) in [5.74, 6) is -1.55. The van der Waals surface area contributed by atoms with Crippen molar-refractivity contribution in [1.82, 2.24) is 0 Å². The van der Waals surface area contributed by atoms with Gasteiger partial charge in [0.2, 0.25) is 0 Å². The monoisotopic (exact) mass is 406 g/mol. The molecule has 164 valence electrons. The predicted molar refractivity (Wildman–Crippen MR) is 116 cm³/mol. The molecular formula is C24H38O5. The highest BCUT2D eigenvalue weighted by Gasteiger charge is 2.41. The van der Waals surface area contributed by atoms with Crippen LogP contribution in [0.5, 0.6) is 5.75 Å². The van der Waals surface area contributed by atoms with Crippen LogP contribution in [-0.2, 0) is 20.4 Å². The standard InChI is InChI=1S/C24H38O5/c1-6-7-8-9-10-11-12-13-17-29-19-16-14-15-18(23(2,3)21(25)26)20(19)24(4,5)22(27)28/h14-16H,6-13,17H2,1-5H3,(H,25,26)(H,27,28). The van der Waals surface area contributed by atoms with Crippen molar-refractivity contribution in [3.8, 4) is 5.75 Å². The summed E-state index contributed by atoms with van der Waals surface area (Å²) < 4.78 is 5.98. The van der Waals surface area contributed by atoms with Crippen LogP contribution < -0.4 is 4.74 Å². The Balaban J connectivity index is 2.90. The van der Waals surface area contributed by atoms with Gasteiger partial charge in [-0.2, -0.15) is 0 Å². The van der Waals surface area contributed by atoms with Gasteiger partial charge in [-0.05, 0) is 45.7 Å². The Bertz CT molecular complexity index is 676. The van der Waals surface area contributed by atoms with E-state index in [1.165, 1.54) is 38.5 Å². The van der Waals surface area contributed by atoms with Crippen LogP contribution in [0, 0.1) is 0 Å². The molecule has 0 atom stereocenters. The number of unbranched alkanes of at least 4 members (excludes halogenated alkanes) is 7. The minimum Gasteiger partial charge on any atom is -0.493 e. The summed E-state index contributed by atoms with van der Waals surface area (Å²) in [6.07, 6.45) is 9.50. The summed E-state index contributed by atoms with van der Waals surface area (Å²) in [4.78, 5) is 23.8. The lowest BCUT2D eigenvalue weighted by Gasteiger charge is -2.31. The number of carbonyl (C=O) groups is 2. The van der Waals surface area contributed by atoms with E-state index in [1.807, 2.05) is 0 Å². The van der Waals surface area contributed by atoms with E-state index in [4.69, 9.17) is 4.74 Å². The van der Waals surface area contributed by atoms with E-state index >= 15 is 0 Å². The van der Waals surface area contributed by atoms with Gasteiger partial charge in [-0.3, -0.25) is 9.59 Å². The van der Waals surface area contributed by atoms with E-state index in [0.717, 1.165) is 12.8 Å². The lowest BCUT2D eigenvalue weighted by atomic mass is 9.73. The molecule has 0 fully saturated rings. The van der Waals surface area contributed by atoms with Gasteiger partial charge in [0.15, 0.2) is 0 Å². The van der Waals surface area contributed by atoms with Gasteiger partial charge in [0, 0.05) is 5.56 Å². The highest BCUT2D eigenvalue weighted by molar-refractivity contribution is 5.86. The minimum atomic E-state index is -1.27. The zero-order valence-corrected chi connectivity index (χ0v) is 18.7. The zero-order valence-electron chi connectivity index (χ0n) is 18.7. The van der Waals surface area contributed by atoms with Gasteiger partial charge < -0.3 is 14.9 Å². The Morgan fingerprint density at radius 2 is 1.34 bits per heavy atom. The Morgan fingerprint density at radius 3 is 1.86 bits per heavy atom. The smallest absolute Gasteiger partial charge is 0.313 e. The van der Waals surface area contributed by atoms with Crippen molar-refractivity contribution in [2.45, 2.75) is 96.8 Å². The molecule has 0 radical (unpaired) electrons. The molecule has 0 saturated carbocycles. The van der Waals surface area contributed by atoms with Crippen LogP contribution in [0.1, 0.15) is 97.1 Å². The fourth-order valence-corrected chi connectivity index (χ4v) is 3.46. The molecular weight excluding hydrogens is 368 g/mol. The van der Waals surface area contributed by atoms with E-state index in [-0.39, 0.29) is 0 Å². The quantitative estimate of drug-likeness (QED) is 0.374. The molecule has 5 nitrogen and oxygen atoms in total. The van der Waals surface area contributed by atoms with E-state index in [1.54, 1.807) is 45.9 Å². The first-order valence-electron chi connectivity index (χ1n) is 10.8. The third-order valence-corrected chi connectivity index (χ3v) is 5.65. The zero-order chi connectivity index (χ0) is 22.1. The van der Waals surface area contributed by atoms with Crippen LogP contribution in [-0.4, -0.2) is 28.8 Å². The topological polar surface area (TPSA) is 83.8 Å². The molecule has 0 spiro atoms. The molecule has 0 aliphatic heterocycles. The van der Waals surface area contributed by atoms with Gasteiger partial charge in [0.1, 0.15) is 5.75 Å². The van der Waals surface area contributed by atoms with E-state index in [9.17, 15) is 19.8 Å². The Morgan fingerprint density at radius 1 is 0.828 bits per heavy atom. The first-order chi connectivity index (χ1) is 13.6. The fraction of sp³-hybridized carbons (Fsp3) is 0.667. The predicted octanol–water partition coefficient (Wildman–Crippen LogP) is 5.93. The van der Waals surface area contributed by atoms with Crippen LogP contribution in [0.2, 0.25) is 0 Å². The Hall–Kier alpha value is -2.04. The van der Waals surface area contributed by atoms with Crippen LogP contribution >= 0.6 is 0 Å². The lowest BCUT2D eigenvalue weighted by Crippen LogP contribution is -2.36. The van der Waals surface area contributed by atoms with Crippen LogP contribution in [0.3, 0.4) is 0 Å². The molecule has 1 rings (SSSR count). The van der Waals surface area contributed by atoms with Crippen molar-refractivity contribution in [1.29, 1.82) is 0 Å². The maximum Gasteiger partial charge on any atom is 0.313 e. The number of rotatable bonds is 14. The SMILES string of the molecule is CCCCCCCCCCOc1cccc(C(C)(C)C(=O)O)c1C(C)(C)C(=O)O. The van der Waals surface area contributed by atoms with Gasteiger partial charge >= 0.3 is 11.9 Å². The second kappa shape index (κ2) is 11.2. The summed E-state index contributed by atoms with van der Waals surface area (Å²) in [7, 11) is 0. The molecule has 0 unspecified atom stereocenters. The van der Waals surface area contributed by atoms with Gasteiger partial charge in [-0.1, -0.05) is 64.0 Å². The van der Waals surface area contributed by atoms with E-state index < -0.39 is 22.8 Å². The van der Waals surface area contributed by atoms with Crippen LogP contribution in [0.25, 0.3) is 0 Å². The molecule has 0 aromatic heterocycles. The third kappa shape index (κ3) is 6.76. The maximum absolute atomic E-state index is 11.9. The molecule has 0 aliphatic rings. The van der Waals surface area contributed by atoms with E-state index in [0.29, 0.717) is 23.5 Å². The summed E-state index contributed by atoms with van der Waals surface area (Å²) in [6, 6.07) is 5.17. The highest BCUT2D eigenvalue weighted by Crippen LogP contribution is 2.40. The van der Waals surface area contributed by atoms with Crippen LogP contribution in [0.15, 0.2) is 18.2 Å². The molecule has 0 heterocycles. The molecule has 0 bridgehead atoms. The molecule has 0 amide bonds. The summed E-state index contributed by atoms with van der Waals surface area (Å²) >= 11 is 0. The minimum absolute atomic E-state index is 0.444. The van der Waals surface area contributed by atoms with Gasteiger partial charge in [0.05, 0.1) is 17.4 Å². The largest absolute Gasteiger partial charge is 0.493 e. The second-order valence-corrected chi connectivity index (χ2v) is 8.86. The molecule has 1 aromatic carbocycles. The first kappa shape index (κ1) is 25.0. The highest BCUT2D eigenvalue weighted by atomic mass is 16.5. The normalized spacial score (nSPS) is 12.0. The average Bonchev–Trinajstić information content (AvgIpc) is 2.66. The van der Waals surface area contributed by atoms with Crippen molar-refractivity contribution in [2.24, 2.45) is 0 Å². The molecule has 1 aromatic rings. The van der Waals surface area contributed by atoms with Crippen molar-refractivity contribution >= 4 is 11.9 Å².